The Bertz CT molecular complexity index is 431. The Morgan fingerprint density at radius 1 is 1.53 bits per heavy atom. The predicted molar refractivity (Wildman–Crippen MR) is 59.9 cm³/mol. The molecular formula is C12H12ClNO. The fourth-order valence-corrected chi connectivity index (χ4v) is 2.11. The third-order valence-corrected chi connectivity index (χ3v) is 3.17. The Morgan fingerprint density at radius 2 is 2.27 bits per heavy atom. The molecular weight excluding hydrogens is 210 g/mol. The molecule has 78 valence electrons. The van der Waals surface area contributed by atoms with Crippen LogP contribution in [0.15, 0.2) is 23.2 Å². The summed E-state index contributed by atoms with van der Waals surface area (Å²) in [5, 5.41) is 0.703. The van der Waals surface area contributed by atoms with Crippen molar-refractivity contribution in [3.63, 3.8) is 0 Å². The first-order valence-electron chi connectivity index (χ1n) is 5.10. The molecule has 1 aliphatic carbocycles. The van der Waals surface area contributed by atoms with Crippen molar-refractivity contribution in [2.45, 2.75) is 31.7 Å². The van der Waals surface area contributed by atoms with E-state index >= 15 is 0 Å². The standard InChI is InChI=1S/C12H12ClNO/c1-2-9-3-4-10(13)7-11(9)12(5-6-12)14-8-15/h3-4,7H,2,5-6H2,1H3. The fourth-order valence-electron chi connectivity index (χ4n) is 1.94. The smallest absolute Gasteiger partial charge is 0.211 e. The Hall–Kier alpha value is -1.11. The third kappa shape index (κ3) is 1.83. The molecule has 2 nitrogen and oxygen atoms in total. The lowest BCUT2D eigenvalue weighted by Gasteiger charge is -2.13. The van der Waals surface area contributed by atoms with Gasteiger partial charge in [-0.05, 0) is 42.5 Å². The molecule has 0 radical (unpaired) electrons. The van der Waals surface area contributed by atoms with Gasteiger partial charge in [0.05, 0.1) is 5.54 Å². The summed E-state index contributed by atoms with van der Waals surface area (Å²) in [4.78, 5) is 14.3. The van der Waals surface area contributed by atoms with Gasteiger partial charge in [-0.25, -0.2) is 4.79 Å². The van der Waals surface area contributed by atoms with Gasteiger partial charge in [-0.15, -0.1) is 0 Å². The maximum absolute atomic E-state index is 10.4. The largest absolute Gasteiger partial charge is 0.235 e. The Morgan fingerprint density at radius 3 is 2.80 bits per heavy atom. The van der Waals surface area contributed by atoms with E-state index in [-0.39, 0.29) is 5.54 Å². The molecule has 0 heterocycles. The number of nitrogens with zero attached hydrogens (tertiary/aromatic N) is 1. The van der Waals surface area contributed by atoms with Crippen LogP contribution in [0.3, 0.4) is 0 Å². The van der Waals surface area contributed by atoms with Crippen LogP contribution in [0.4, 0.5) is 0 Å². The molecule has 0 atom stereocenters. The molecule has 0 aromatic heterocycles. The molecule has 2 rings (SSSR count). The summed E-state index contributed by atoms with van der Waals surface area (Å²) in [7, 11) is 0. The summed E-state index contributed by atoms with van der Waals surface area (Å²) in [6, 6.07) is 5.82. The minimum Gasteiger partial charge on any atom is -0.211 e. The first-order valence-corrected chi connectivity index (χ1v) is 5.47. The van der Waals surface area contributed by atoms with E-state index in [1.807, 2.05) is 18.2 Å². The number of isocyanates is 1. The highest BCUT2D eigenvalue weighted by Crippen LogP contribution is 2.50. The third-order valence-electron chi connectivity index (χ3n) is 2.94. The van der Waals surface area contributed by atoms with Crippen LogP contribution < -0.4 is 0 Å². The highest BCUT2D eigenvalue weighted by Gasteiger charge is 2.46. The molecule has 1 saturated carbocycles. The van der Waals surface area contributed by atoms with Crippen LogP contribution in [-0.2, 0) is 16.8 Å². The monoisotopic (exact) mass is 221 g/mol. The molecule has 1 fully saturated rings. The average Bonchev–Trinajstić information content (AvgIpc) is 2.99. The van der Waals surface area contributed by atoms with Gasteiger partial charge in [0.2, 0.25) is 6.08 Å². The zero-order valence-electron chi connectivity index (χ0n) is 8.59. The normalized spacial score (nSPS) is 16.9. The molecule has 3 heteroatoms. The number of rotatable bonds is 3. The molecule has 1 aliphatic rings. The molecule has 0 spiro atoms. The summed E-state index contributed by atoms with van der Waals surface area (Å²) in [6.07, 6.45) is 4.46. The van der Waals surface area contributed by atoms with E-state index in [0.717, 1.165) is 24.8 Å². The zero-order chi connectivity index (χ0) is 10.9. The van der Waals surface area contributed by atoms with E-state index in [1.54, 1.807) is 6.08 Å². The number of hydrogen-bond acceptors (Lipinski definition) is 2. The van der Waals surface area contributed by atoms with Gasteiger partial charge in [0.25, 0.3) is 0 Å². The highest BCUT2D eigenvalue weighted by molar-refractivity contribution is 6.30. The topological polar surface area (TPSA) is 29.4 Å². The summed E-state index contributed by atoms with van der Waals surface area (Å²) < 4.78 is 0. The average molecular weight is 222 g/mol. The lowest BCUT2D eigenvalue weighted by Crippen LogP contribution is -2.06. The summed E-state index contributed by atoms with van der Waals surface area (Å²) in [5.74, 6) is 0. The molecule has 1 aromatic carbocycles. The Balaban J connectivity index is 2.50. The van der Waals surface area contributed by atoms with Crippen LogP contribution in [0, 0.1) is 0 Å². The highest BCUT2D eigenvalue weighted by atomic mass is 35.5. The number of halogens is 1. The number of aliphatic imine (C=N–C) groups is 1. The SMILES string of the molecule is CCc1ccc(Cl)cc1C1(N=C=O)CC1. The first-order chi connectivity index (χ1) is 7.22. The quantitative estimate of drug-likeness (QED) is 0.569. The maximum atomic E-state index is 10.4. The van der Waals surface area contributed by atoms with Crippen LogP contribution in [0.2, 0.25) is 5.02 Å². The number of hydrogen-bond donors (Lipinski definition) is 0. The van der Waals surface area contributed by atoms with Crippen LogP contribution in [0.25, 0.3) is 0 Å². The van der Waals surface area contributed by atoms with Crippen LogP contribution in [0.1, 0.15) is 30.9 Å². The van der Waals surface area contributed by atoms with Crippen LogP contribution in [-0.4, -0.2) is 6.08 Å². The van der Waals surface area contributed by atoms with Crippen molar-refractivity contribution < 1.29 is 4.79 Å². The van der Waals surface area contributed by atoms with Crippen molar-refractivity contribution in [1.82, 2.24) is 0 Å². The van der Waals surface area contributed by atoms with Crippen LogP contribution in [0.5, 0.6) is 0 Å². The zero-order valence-corrected chi connectivity index (χ0v) is 9.34. The second kappa shape index (κ2) is 3.80. The van der Waals surface area contributed by atoms with Gasteiger partial charge < -0.3 is 0 Å². The minimum absolute atomic E-state index is 0.308. The first kappa shape index (κ1) is 10.4. The lowest BCUT2D eigenvalue weighted by atomic mass is 9.97. The molecule has 0 unspecified atom stereocenters. The molecule has 1 aromatic rings. The van der Waals surface area contributed by atoms with Gasteiger partial charge in [-0.1, -0.05) is 24.6 Å². The van der Waals surface area contributed by atoms with Gasteiger partial charge >= 0.3 is 0 Å². The van der Waals surface area contributed by atoms with Crippen molar-refractivity contribution >= 4 is 17.7 Å². The van der Waals surface area contributed by atoms with Gasteiger partial charge in [0, 0.05) is 5.02 Å². The van der Waals surface area contributed by atoms with Crippen LogP contribution >= 0.6 is 11.6 Å². The van der Waals surface area contributed by atoms with E-state index in [4.69, 9.17) is 11.6 Å². The van der Waals surface area contributed by atoms with E-state index in [0.29, 0.717) is 5.02 Å². The predicted octanol–water partition coefficient (Wildman–Crippen LogP) is 3.23. The maximum Gasteiger partial charge on any atom is 0.235 e. The Labute approximate surface area is 94.0 Å². The second-order valence-electron chi connectivity index (χ2n) is 3.89. The summed E-state index contributed by atoms with van der Waals surface area (Å²) >= 11 is 5.97. The van der Waals surface area contributed by atoms with Crippen molar-refractivity contribution in [2.75, 3.05) is 0 Å². The second-order valence-corrected chi connectivity index (χ2v) is 4.33. The van der Waals surface area contributed by atoms with Gasteiger partial charge in [0.15, 0.2) is 0 Å². The molecule has 15 heavy (non-hydrogen) atoms. The van der Waals surface area contributed by atoms with Gasteiger partial charge in [-0.2, -0.15) is 4.99 Å². The number of benzene rings is 1. The van der Waals surface area contributed by atoms with Crippen molar-refractivity contribution in [2.24, 2.45) is 4.99 Å². The lowest BCUT2D eigenvalue weighted by molar-refractivity contribution is 0.556. The van der Waals surface area contributed by atoms with Crippen molar-refractivity contribution in [3.05, 3.63) is 34.3 Å². The molecule has 0 saturated heterocycles. The van der Waals surface area contributed by atoms with E-state index in [9.17, 15) is 4.79 Å². The molecule has 0 aliphatic heterocycles. The molecule has 0 amide bonds. The fraction of sp³-hybridized carbons (Fsp3) is 0.417. The Kier molecular flexibility index (Phi) is 2.64. The van der Waals surface area contributed by atoms with E-state index in [1.165, 1.54) is 5.56 Å². The summed E-state index contributed by atoms with van der Waals surface area (Å²) in [6.45, 7) is 2.09. The summed E-state index contributed by atoms with van der Waals surface area (Å²) in [5.41, 5.74) is 2.01. The van der Waals surface area contributed by atoms with Crippen molar-refractivity contribution in [3.8, 4) is 0 Å². The number of aryl methyl sites for hydroxylation is 1. The van der Waals surface area contributed by atoms with E-state index in [2.05, 4.69) is 11.9 Å². The molecule has 0 N–H and O–H groups in total. The van der Waals surface area contributed by atoms with E-state index < -0.39 is 0 Å². The van der Waals surface area contributed by atoms with Gasteiger partial charge in [0.1, 0.15) is 0 Å². The van der Waals surface area contributed by atoms with Gasteiger partial charge in [-0.3, -0.25) is 0 Å². The molecule has 0 bridgehead atoms. The minimum atomic E-state index is -0.308. The van der Waals surface area contributed by atoms with Crippen molar-refractivity contribution in [1.29, 1.82) is 0 Å². The number of carbonyl (C=O) groups excluding carboxylic acids is 1.